The van der Waals surface area contributed by atoms with Crippen LogP contribution in [0.5, 0.6) is 0 Å². The molecule has 1 rings (SSSR count). The summed E-state index contributed by atoms with van der Waals surface area (Å²) in [5.74, 6) is 0.545. The Hall–Kier alpha value is -0.380. The lowest BCUT2D eigenvalue weighted by Crippen LogP contribution is -2.28. The largest absolute Gasteiger partial charge is 0.323 e. The fourth-order valence-electron chi connectivity index (χ4n) is 1.50. The third kappa shape index (κ3) is 2.79. The minimum Gasteiger partial charge on any atom is -0.323 e. The number of hydrogen-bond donors (Lipinski definition) is 2. The lowest BCUT2D eigenvalue weighted by Gasteiger charge is -2.21. The van der Waals surface area contributed by atoms with Gasteiger partial charge in [-0.25, -0.2) is 0 Å². The van der Waals surface area contributed by atoms with E-state index >= 15 is 0 Å². The van der Waals surface area contributed by atoms with Crippen molar-refractivity contribution >= 4 is 11.3 Å². The van der Waals surface area contributed by atoms with Gasteiger partial charge in [0.2, 0.25) is 0 Å². The van der Waals surface area contributed by atoms with Crippen LogP contribution in [0.15, 0.2) is 17.5 Å². The summed E-state index contributed by atoms with van der Waals surface area (Å²) < 4.78 is 0. The first-order chi connectivity index (χ1) is 6.29. The van der Waals surface area contributed by atoms with Crippen LogP contribution in [-0.2, 0) is 0 Å². The lowest BCUT2D eigenvalue weighted by atomic mass is 9.96. The standard InChI is InChI=1S/C10H18N2S/c1-3-8(7-12-2)10(11)9-5-4-6-13-9/h4-6,8,10,12H,3,7,11H2,1-2H3. The molecule has 2 nitrogen and oxygen atoms in total. The van der Waals surface area contributed by atoms with E-state index in [-0.39, 0.29) is 6.04 Å². The molecule has 0 bridgehead atoms. The molecule has 0 fully saturated rings. The molecule has 0 aliphatic carbocycles. The average molecular weight is 198 g/mol. The van der Waals surface area contributed by atoms with Crippen LogP contribution in [-0.4, -0.2) is 13.6 Å². The second-order valence-electron chi connectivity index (χ2n) is 3.27. The molecule has 13 heavy (non-hydrogen) atoms. The molecule has 0 saturated carbocycles. The summed E-state index contributed by atoms with van der Waals surface area (Å²) in [6, 6.07) is 4.37. The van der Waals surface area contributed by atoms with E-state index in [1.54, 1.807) is 11.3 Å². The van der Waals surface area contributed by atoms with Gasteiger partial charge < -0.3 is 11.1 Å². The molecular weight excluding hydrogens is 180 g/mol. The lowest BCUT2D eigenvalue weighted by molar-refractivity contribution is 0.407. The molecular formula is C10H18N2S. The predicted octanol–water partition coefficient (Wildman–Crippen LogP) is 1.99. The molecule has 0 saturated heterocycles. The minimum absolute atomic E-state index is 0.192. The van der Waals surface area contributed by atoms with Crippen LogP contribution in [0.25, 0.3) is 0 Å². The molecule has 0 aromatic carbocycles. The summed E-state index contributed by atoms with van der Waals surface area (Å²) in [6.07, 6.45) is 1.12. The highest BCUT2D eigenvalue weighted by Crippen LogP contribution is 2.25. The molecule has 0 aliphatic rings. The maximum absolute atomic E-state index is 6.15. The Labute approximate surface area is 84.2 Å². The second-order valence-corrected chi connectivity index (χ2v) is 4.25. The van der Waals surface area contributed by atoms with Gasteiger partial charge in [-0.1, -0.05) is 19.4 Å². The van der Waals surface area contributed by atoms with E-state index in [1.165, 1.54) is 4.88 Å². The fourth-order valence-corrected chi connectivity index (χ4v) is 2.32. The zero-order valence-electron chi connectivity index (χ0n) is 8.29. The topological polar surface area (TPSA) is 38.0 Å². The van der Waals surface area contributed by atoms with Crippen molar-refractivity contribution < 1.29 is 0 Å². The first-order valence-electron chi connectivity index (χ1n) is 4.73. The summed E-state index contributed by atoms with van der Waals surface area (Å²) in [6.45, 7) is 3.19. The summed E-state index contributed by atoms with van der Waals surface area (Å²) in [5, 5.41) is 5.27. The van der Waals surface area contributed by atoms with E-state index in [2.05, 4.69) is 29.8 Å². The number of thiophene rings is 1. The Morgan fingerprint density at radius 3 is 2.85 bits per heavy atom. The summed E-state index contributed by atoms with van der Waals surface area (Å²) in [4.78, 5) is 1.29. The number of rotatable bonds is 5. The van der Waals surface area contributed by atoms with E-state index < -0.39 is 0 Å². The van der Waals surface area contributed by atoms with Gasteiger partial charge in [0.15, 0.2) is 0 Å². The fraction of sp³-hybridized carbons (Fsp3) is 0.600. The van der Waals surface area contributed by atoms with Crippen molar-refractivity contribution in [2.75, 3.05) is 13.6 Å². The Bertz CT molecular complexity index is 221. The molecule has 0 spiro atoms. The van der Waals surface area contributed by atoms with Crippen molar-refractivity contribution in [1.29, 1.82) is 0 Å². The van der Waals surface area contributed by atoms with Crippen molar-refractivity contribution in [1.82, 2.24) is 5.32 Å². The van der Waals surface area contributed by atoms with Crippen LogP contribution in [0.1, 0.15) is 24.3 Å². The Morgan fingerprint density at radius 1 is 1.62 bits per heavy atom. The van der Waals surface area contributed by atoms with Crippen LogP contribution in [0.2, 0.25) is 0 Å². The average Bonchev–Trinajstić information content (AvgIpc) is 2.65. The van der Waals surface area contributed by atoms with Crippen molar-refractivity contribution in [2.24, 2.45) is 11.7 Å². The normalized spacial score (nSPS) is 15.6. The third-order valence-electron chi connectivity index (χ3n) is 2.37. The van der Waals surface area contributed by atoms with Gasteiger partial charge in [-0.05, 0) is 31.0 Å². The van der Waals surface area contributed by atoms with Gasteiger partial charge >= 0.3 is 0 Å². The van der Waals surface area contributed by atoms with E-state index in [9.17, 15) is 0 Å². The van der Waals surface area contributed by atoms with Crippen molar-refractivity contribution in [3.05, 3.63) is 22.4 Å². The molecule has 74 valence electrons. The maximum Gasteiger partial charge on any atom is 0.0430 e. The van der Waals surface area contributed by atoms with Crippen LogP contribution in [0.3, 0.4) is 0 Å². The van der Waals surface area contributed by atoms with Gasteiger partial charge in [-0.2, -0.15) is 0 Å². The minimum atomic E-state index is 0.192. The zero-order valence-corrected chi connectivity index (χ0v) is 9.10. The molecule has 0 amide bonds. The van der Waals surface area contributed by atoms with Gasteiger partial charge in [0.25, 0.3) is 0 Å². The van der Waals surface area contributed by atoms with Crippen molar-refractivity contribution in [3.8, 4) is 0 Å². The van der Waals surface area contributed by atoms with E-state index in [0.717, 1.165) is 13.0 Å². The first-order valence-corrected chi connectivity index (χ1v) is 5.61. The van der Waals surface area contributed by atoms with Crippen LogP contribution >= 0.6 is 11.3 Å². The van der Waals surface area contributed by atoms with Gasteiger partial charge in [-0.3, -0.25) is 0 Å². The van der Waals surface area contributed by atoms with Crippen LogP contribution < -0.4 is 11.1 Å². The van der Waals surface area contributed by atoms with E-state index in [4.69, 9.17) is 5.73 Å². The number of hydrogen-bond acceptors (Lipinski definition) is 3. The Morgan fingerprint density at radius 2 is 2.38 bits per heavy atom. The van der Waals surface area contributed by atoms with Crippen molar-refractivity contribution in [2.45, 2.75) is 19.4 Å². The Kier molecular flexibility index (Phi) is 4.42. The van der Waals surface area contributed by atoms with E-state index in [0.29, 0.717) is 5.92 Å². The predicted molar refractivity (Wildman–Crippen MR) is 59.0 cm³/mol. The molecule has 2 unspecified atom stereocenters. The Balaban J connectivity index is 2.58. The molecule has 3 heteroatoms. The first kappa shape index (κ1) is 10.7. The summed E-state index contributed by atoms with van der Waals surface area (Å²) in [7, 11) is 1.98. The number of nitrogens with two attached hydrogens (primary N) is 1. The second kappa shape index (κ2) is 5.37. The third-order valence-corrected chi connectivity index (χ3v) is 3.34. The van der Waals surface area contributed by atoms with Gasteiger partial charge in [0.05, 0.1) is 0 Å². The molecule has 1 heterocycles. The van der Waals surface area contributed by atoms with Gasteiger partial charge in [-0.15, -0.1) is 11.3 Å². The molecule has 3 N–H and O–H groups in total. The highest BCUT2D eigenvalue weighted by molar-refractivity contribution is 7.10. The highest BCUT2D eigenvalue weighted by Gasteiger charge is 2.17. The van der Waals surface area contributed by atoms with Gasteiger partial charge in [0.1, 0.15) is 0 Å². The highest BCUT2D eigenvalue weighted by atomic mass is 32.1. The van der Waals surface area contributed by atoms with E-state index in [1.807, 2.05) is 7.05 Å². The van der Waals surface area contributed by atoms with Crippen LogP contribution in [0.4, 0.5) is 0 Å². The molecule has 1 aromatic heterocycles. The van der Waals surface area contributed by atoms with Crippen molar-refractivity contribution in [3.63, 3.8) is 0 Å². The quantitative estimate of drug-likeness (QED) is 0.759. The molecule has 2 atom stereocenters. The zero-order chi connectivity index (χ0) is 9.68. The molecule has 0 aliphatic heterocycles. The smallest absolute Gasteiger partial charge is 0.0430 e. The van der Waals surface area contributed by atoms with Gasteiger partial charge in [0, 0.05) is 10.9 Å². The summed E-state index contributed by atoms with van der Waals surface area (Å²) in [5.41, 5.74) is 6.15. The SMILES string of the molecule is CCC(CNC)C(N)c1cccs1. The maximum atomic E-state index is 6.15. The number of nitrogens with one attached hydrogen (secondary N) is 1. The molecule has 0 radical (unpaired) electrons. The molecule has 1 aromatic rings. The monoisotopic (exact) mass is 198 g/mol. The summed E-state index contributed by atoms with van der Waals surface area (Å²) >= 11 is 1.75. The van der Waals surface area contributed by atoms with Crippen LogP contribution in [0, 0.1) is 5.92 Å².